The summed E-state index contributed by atoms with van der Waals surface area (Å²) in [5, 5.41) is 4.17. The van der Waals surface area contributed by atoms with Gasteiger partial charge in [0.2, 0.25) is 5.43 Å². The van der Waals surface area contributed by atoms with Crippen LogP contribution in [0.5, 0.6) is 0 Å². The Hall–Kier alpha value is -2.64. The summed E-state index contributed by atoms with van der Waals surface area (Å²) in [7, 11) is 0. The molecule has 2 fully saturated rings. The molecule has 0 unspecified atom stereocenters. The van der Waals surface area contributed by atoms with E-state index < -0.39 is 23.1 Å². The van der Waals surface area contributed by atoms with Crippen LogP contribution in [0.2, 0.25) is 0 Å². The summed E-state index contributed by atoms with van der Waals surface area (Å²) in [6, 6.07) is 6.37. The van der Waals surface area contributed by atoms with Crippen molar-refractivity contribution in [1.29, 1.82) is 0 Å². The molecule has 0 bridgehead atoms. The molecule has 1 aromatic carbocycles. The highest BCUT2D eigenvalue weighted by molar-refractivity contribution is 5.92. The molecule has 2 aliphatic carbocycles. The minimum atomic E-state index is -4.59. The van der Waals surface area contributed by atoms with E-state index in [1.165, 1.54) is 31.2 Å². The highest BCUT2D eigenvalue weighted by atomic mass is 19.4. The maximum Gasteiger partial charge on any atom is 0.418 e. The molecule has 0 saturated heterocycles. The largest absolute Gasteiger partial charge is 0.418 e. The molecule has 31 heavy (non-hydrogen) atoms. The van der Waals surface area contributed by atoms with Crippen LogP contribution in [0.4, 0.5) is 13.2 Å². The van der Waals surface area contributed by atoms with Gasteiger partial charge in [-0.2, -0.15) is 18.3 Å². The third-order valence-corrected chi connectivity index (χ3v) is 6.30. The van der Waals surface area contributed by atoms with Gasteiger partial charge in [-0.25, -0.2) is 4.68 Å². The first-order valence-corrected chi connectivity index (χ1v) is 10.8. The van der Waals surface area contributed by atoms with E-state index in [2.05, 4.69) is 12.0 Å². The Kier molecular flexibility index (Phi) is 5.66. The number of hydrogen-bond acceptors (Lipinski definition) is 3. The van der Waals surface area contributed by atoms with Crippen molar-refractivity contribution in [1.82, 2.24) is 14.7 Å². The lowest BCUT2D eigenvalue weighted by Crippen LogP contribution is -2.46. The molecule has 5 nitrogen and oxygen atoms in total. The number of aromatic nitrogens is 2. The number of halogens is 3. The van der Waals surface area contributed by atoms with Gasteiger partial charge in [-0.1, -0.05) is 19.1 Å². The zero-order valence-corrected chi connectivity index (χ0v) is 17.7. The van der Waals surface area contributed by atoms with Crippen molar-refractivity contribution in [3.8, 4) is 5.69 Å². The predicted octanol–water partition coefficient (Wildman–Crippen LogP) is 4.74. The fourth-order valence-electron chi connectivity index (χ4n) is 4.46. The van der Waals surface area contributed by atoms with Gasteiger partial charge in [0.1, 0.15) is 0 Å². The molecule has 2 aliphatic rings. The van der Waals surface area contributed by atoms with Crippen LogP contribution in [-0.4, -0.2) is 32.7 Å². The van der Waals surface area contributed by atoms with Gasteiger partial charge >= 0.3 is 6.18 Å². The second kappa shape index (κ2) is 8.13. The molecule has 8 heteroatoms. The number of para-hydroxylation sites is 1. The van der Waals surface area contributed by atoms with Crippen LogP contribution in [-0.2, 0) is 6.18 Å². The van der Waals surface area contributed by atoms with Gasteiger partial charge in [-0.05, 0) is 63.5 Å². The van der Waals surface area contributed by atoms with Gasteiger partial charge < -0.3 is 4.90 Å². The van der Waals surface area contributed by atoms with Crippen LogP contribution >= 0.6 is 0 Å². The molecule has 166 valence electrons. The normalized spacial score (nSPS) is 21.7. The SMILES string of the molecule is Cc1cc(=O)c(C(=O)N(C2CCC(C)CC2)C2CC2)nn1-c1ccccc1C(F)(F)F. The minimum Gasteiger partial charge on any atom is -0.331 e. The van der Waals surface area contributed by atoms with E-state index in [0.717, 1.165) is 49.3 Å². The Labute approximate surface area is 178 Å². The number of hydrogen-bond donors (Lipinski definition) is 0. The van der Waals surface area contributed by atoms with Gasteiger partial charge in [0.25, 0.3) is 5.91 Å². The molecule has 0 N–H and O–H groups in total. The second-order valence-electron chi connectivity index (χ2n) is 8.78. The molecule has 0 spiro atoms. The molecule has 2 aromatic rings. The van der Waals surface area contributed by atoms with E-state index in [1.807, 2.05) is 0 Å². The van der Waals surface area contributed by atoms with Crippen LogP contribution in [0.15, 0.2) is 35.1 Å². The van der Waals surface area contributed by atoms with Gasteiger partial charge in [-0.15, -0.1) is 0 Å². The third-order valence-electron chi connectivity index (χ3n) is 6.30. The molecule has 1 amide bonds. The minimum absolute atomic E-state index is 0.0506. The summed E-state index contributed by atoms with van der Waals surface area (Å²) < 4.78 is 41.7. The standard InChI is InChI=1S/C23H26F3N3O2/c1-14-7-9-16(10-8-14)28(17-11-12-17)22(31)21-20(30)13-15(2)29(27-21)19-6-4-3-5-18(19)23(24,25)26/h3-6,13-14,16-17H,7-12H2,1-2H3. The Balaban J connectivity index is 1.75. The summed E-state index contributed by atoms with van der Waals surface area (Å²) in [5.74, 6) is 0.145. The average Bonchev–Trinajstić information content (AvgIpc) is 3.54. The van der Waals surface area contributed by atoms with Crippen molar-refractivity contribution in [3.05, 3.63) is 57.5 Å². The Morgan fingerprint density at radius 1 is 1.06 bits per heavy atom. The van der Waals surface area contributed by atoms with Crippen molar-refractivity contribution in [3.63, 3.8) is 0 Å². The molecular formula is C23H26F3N3O2. The fourth-order valence-corrected chi connectivity index (χ4v) is 4.46. The first kappa shape index (κ1) is 21.6. The van der Waals surface area contributed by atoms with Crippen molar-refractivity contribution in [2.45, 2.75) is 70.6 Å². The first-order valence-electron chi connectivity index (χ1n) is 10.8. The monoisotopic (exact) mass is 433 g/mol. The lowest BCUT2D eigenvalue weighted by molar-refractivity contribution is -0.137. The number of alkyl halides is 3. The number of rotatable bonds is 4. The number of nitrogens with zero attached hydrogens (tertiary/aromatic N) is 3. The third kappa shape index (κ3) is 4.38. The molecule has 0 atom stereocenters. The number of benzene rings is 1. The van der Waals surface area contributed by atoms with Crippen LogP contribution < -0.4 is 5.43 Å². The van der Waals surface area contributed by atoms with E-state index >= 15 is 0 Å². The zero-order chi connectivity index (χ0) is 22.3. The Bertz CT molecular complexity index is 1040. The van der Waals surface area contributed by atoms with Crippen LogP contribution in [0, 0.1) is 12.8 Å². The summed E-state index contributed by atoms with van der Waals surface area (Å²) in [6.07, 6.45) is 0.971. The lowest BCUT2D eigenvalue weighted by Gasteiger charge is -2.36. The van der Waals surface area contributed by atoms with Crippen molar-refractivity contribution >= 4 is 5.91 Å². The zero-order valence-electron chi connectivity index (χ0n) is 17.7. The number of aryl methyl sites for hydroxylation is 1. The van der Waals surface area contributed by atoms with E-state index in [4.69, 9.17) is 0 Å². The summed E-state index contributed by atoms with van der Waals surface area (Å²) in [6.45, 7) is 3.70. The summed E-state index contributed by atoms with van der Waals surface area (Å²) in [5.41, 5.74) is -1.70. The molecule has 0 radical (unpaired) electrons. The summed E-state index contributed by atoms with van der Waals surface area (Å²) in [4.78, 5) is 27.9. The van der Waals surface area contributed by atoms with Gasteiger partial charge in [0.05, 0.1) is 11.3 Å². The maximum atomic E-state index is 13.5. The maximum absolute atomic E-state index is 13.5. The average molecular weight is 433 g/mol. The summed E-state index contributed by atoms with van der Waals surface area (Å²) >= 11 is 0. The highest BCUT2D eigenvalue weighted by Gasteiger charge is 2.40. The highest BCUT2D eigenvalue weighted by Crippen LogP contribution is 2.36. The number of amides is 1. The Morgan fingerprint density at radius 2 is 1.65 bits per heavy atom. The Morgan fingerprint density at radius 3 is 2.23 bits per heavy atom. The molecular weight excluding hydrogens is 407 g/mol. The topological polar surface area (TPSA) is 55.2 Å². The van der Waals surface area contributed by atoms with Gasteiger partial charge in [-0.3, -0.25) is 9.59 Å². The van der Waals surface area contributed by atoms with E-state index in [-0.39, 0.29) is 29.2 Å². The van der Waals surface area contributed by atoms with E-state index in [0.29, 0.717) is 5.92 Å². The van der Waals surface area contributed by atoms with Crippen LogP contribution in [0.3, 0.4) is 0 Å². The number of carbonyl (C=O) groups excluding carboxylic acids is 1. The number of carbonyl (C=O) groups is 1. The molecule has 0 aliphatic heterocycles. The van der Waals surface area contributed by atoms with E-state index in [1.54, 1.807) is 4.90 Å². The fraction of sp³-hybridized carbons (Fsp3) is 0.522. The predicted molar refractivity (Wildman–Crippen MR) is 110 cm³/mol. The van der Waals surface area contributed by atoms with Crippen LogP contribution in [0.25, 0.3) is 5.69 Å². The van der Waals surface area contributed by atoms with Crippen molar-refractivity contribution in [2.75, 3.05) is 0 Å². The first-order chi connectivity index (χ1) is 14.7. The van der Waals surface area contributed by atoms with E-state index in [9.17, 15) is 22.8 Å². The van der Waals surface area contributed by atoms with Crippen molar-refractivity contribution < 1.29 is 18.0 Å². The molecule has 1 aromatic heterocycles. The molecule has 1 heterocycles. The smallest absolute Gasteiger partial charge is 0.331 e. The second-order valence-corrected chi connectivity index (χ2v) is 8.78. The lowest BCUT2D eigenvalue weighted by atomic mass is 9.86. The molecule has 4 rings (SSSR count). The van der Waals surface area contributed by atoms with Crippen molar-refractivity contribution in [2.24, 2.45) is 5.92 Å². The quantitative estimate of drug-likeness (QED) is 0.700. The van der Waals surface area contributed by atoms with Gasteiger partial charge in [0.15, 0.2) is 5.69 Å². The molecule has 2 saturated carbocycles. The van der Waals surface area contributed by atoms with Gasteiger partial charge in [0, 0.05) is 23.8 Å². The van der Waals surface area contributed by atoms with Crippen LogP contribution in [0.1, 0.15) is 67.2 Å².